The van der Waals surface area contributed by atoms with Crippen LogP contribution in [0.4, 0.5) is 0 Å². The van der Waals surface area contributed by atoms with E-state index in [0.717, 1.165) is 10.0 Å². The number of carbonyl (C=O) groups excluding carboxylic acids is 1. The van der Waals surface area contributed by atoms with Gasteiger partial charge in [0.15, 0.2) is 12.6 Å². The summed E-state index contributed by atoms with van der Waals surface area (Å²) in [6.07, 6.45) is 0. The highest BCUT2D eigenvalue weighted by atomic mass is 79.9. The van der Waals surface area contributed by atoms with Gasteiger partial charge in [-0.15, -0.1) is 0 Å². The molecule has 0 saturated heterocycles. The second-order valence-electron chi connectivity index (χ2n) is 5.19. The van der Waals surface area contributed by atoms with Crippen LogP contribution in [0.25, 0.3) is 0 Å². The summed E-state index contributed by atoms with van der Waals surface area (Å²) in [6, 6.07) is 3.76. The van der Waals surface area contributed by atoms with Crippen molar-refractivity contribution in [3.63, 3.8) is 0 Å². The molecule has 100 valence electrons. The summed E-state index contributed by atoms with van der Waals surface area (Å²) >= 11 is 3.44. The maximum absolute atomic E-state index is 11.7. The third kappa shape index (κ3) is 3.56. The Bertz CT molecular complexity index is 447. The summed E-state index contributed by atoms with van der Waals surface area (Å²) in [5.41, 5.74) is 1.45. The predicted molar refractivity (Wildman–Crippen MR) is 75.4 cm³/mol. The molecule has 0 spiro atoms. The first kappa shape index (κ1) is 15.2. The van der Waals surface area contributed by atoms with Crippen molar-refractivity contribution in [2.45, 2.75) is 33.1 Å². The lowest BCUT2D eigenvalue weighted by Gasteiger charge is -2.24. The third-order valence-electron chi connectivity index (χ3n) is 2.56. The van der Waals surface area contributed by atoms with Gasteiger partial charge in [0, 0.05) is 17.1 Å². The maximum atomic E-state index is 11.7. The maximum Gasteiger partial charge on any atom is 0.188 e. The van der Waals surface area contributed by atoms with Crippen molar-refractivity contribution in [2.24, 2.45) is 0 Å². The minimum Gasteiger partial charge on any atom is -0.466 e. The minimum absolute atomic E-state index is 0.0205. The molecule has 1 aromatic rings. The van der Waals surface area contributed by atoms with Gasteiger partial charge in [-0.05, 0) is 24.5 Å². The molecule has 0 aliphatic heterocycles. The zero-order valence-electron chi connectivity index (χ0n) is 11.5. The number of hydrogen-bond donors (Lipinski definition) is 0. The van der Waals surface area contributed by atoms with Gasteiger partial charge < -0.3 is 9.47 Å². The Balaban J connectivity index is 3.42. The van der Waals surface area contributed by atoms with Crippen LogP contribution in [0.5, 0.6) is 5.75 Å². The van der Waals surface area contributed by atoms with E-state index < -0.39 is 0 Å². The van der Waals surface area contributed by atoms with Crippen LogP contribution in [0, 0.1) is 0 Å². The van der Waals surface area contributed by atoms with Crippen molar-refractivity contribution >= 4 is 21.7 Å². The fourth-order valence-electron chi connectivity index (χ4n) is 1.69. The van der Waals surface area contributed by atoms with Crippen molar-refractivity contribution in [3.05, 3.63) is 27.7 Å². The van der Waals surface area contributed by atoms with Crippen LogP contribution in [-0.2, 0) is 10.2 Å². The first-order valence-electron chi connectivity index (χ1n) is 5.74. The van der Waals surface area contributed by atoms with Crippen molar-refractivity contribution in [1.29, 1.82) is 0 Å². The van der Waals surface area contributed by atoms with Crippen LogP contribution in [0.3, 0.4) is 0 Å². The van der Waals surface area contributed by atoms with Crippen molar-refractivity contribution in [3.8, 4) is 5.75 Å². The van der Waals surface area contributed by atoms with Gasteiger partial charge in [-0.1, -0.05) is 36.7 Å². The third-order valence-corrected chi connectivity index (χ3v) is 3.02. The molecule has 0 fully saturated rings. The molecule has 0 heterocycles. The first-order chi connectivity index (χ1) is 8.27. The molecule has 0 unspecified atom stereocenters. The standard InChI is InChI=1S/C14H19BrO3/c1-9(16)11-6-10(15)7-12(14(2,3)4)13(11)18-8-17-5/h6-7H,8H2,1-5H3. The second-order valence-corrected chi connectivity index (χ2v) is 6.10. The largest absolute Gasteiger partial charge is 0.466 e. The molecule has 1 aromatic carbocycles. The van der Waals surface area contributed by atoms with Gasteiger partial charge >= 0.3 is 0 Å². The van der Waals surface area contributed by atoms with Crippen molar-refractivity contribution in [2.75, 3.05) is 13.9 Å². The van der Waals surface area contributed by atoms with Crippen LogP contribution >= 0.6 is 15.9 Å². The van der Waals surface area contributed by atoms with Crippen LogP contribution < -0.4 is 4.74 Å². The number of halogens is 1. The lowest BCUT2D eigenvalue weighted by atomic mass is 9.85. The zero-order chi connectivity index (χ0) is 13.9. The van der Waals surface area contributed by atoms with E-state index in [0.29, 0.717) is 11.3 Å². The summed E-state index contributed by atoms with van der Waals surface area (Å²) in [7, 11) is 1.56. The molecule has 0 N–H and O–H groups in total. The van der Waals surface area contributed by atoms with Gasteiger partial charge in [0.25, 0.3) is 0 Å². The lowest BCUT2D eigenvalue weighted by Crippen LogP contribution is -2.16. The Morgan fingerprint density at radius 3 is 2.39 bits per heavy atom. The van der Waals surface area contributed by atoms with Gasteiger partial charge in [-0.25, -0.2) is 0 Å². The average Bonchev–Trinajstić information content (AvgIpc) is 2.25. The minimum atomic E-state index is -0.114. The second kappa shape index (κ2) is 5.85. The van der Waals surface area contributed by atoms with Gasteiger partial charge in [0.2, 0.25) is 0 Å². The number of rotatable bonds is 4. The Hall–Kier alpha value is -0.870. The Morgan fingerprint density at radius 1 is 1.33 bits per heavy atom. The van der Waals surface area contributed by atoms with E-state index in [9.17, 15) is 4.79 Å². The molecule has 4 heteroatoms. The summed E-state index contributed by atoms with van der Waals surface area (Å²) in [6.45, 7) is 7.91. The highest BCUT2D eigenvalue weighted by molar-refractivity contribution is 9.10. The number of carbonyl (C=O) groups is 1. The van der Waals surface area contributed by atoms with Gasteiger partial charge in [0.1, 0.15) is 5.75 Å². The summed E-state index contributed by atoms with van der Waals surface area (Å²) in [4.78, 5) is 11.7. The topological polar surface area (TPSA) is 35.5 Å². The fourth-order valence-corrected chi connectivity index (χ4v) is 2.14. The Labute approximate surface area is 117 Å². The summed E-state index contributed by atoms with van der Waals surface area (Å²) in [5, 5.41) is 0. The van der Waals surface area contributed by atoms with Crippen LogP contribution in [0.1, 0.15) is 43.6 Å². The molecular weight excluding hydrogens is 296 g/mol. The molecule has 0 aliphatic rings. The van der Waals surface area contributed by atoms with Crippen LogP contribution in [0.15, 0.2) is 16.6 Å². The summed E-state index contributed by atoms with van der Waals surface area (Å²) < 4.78 is 11.4. The van der Waals surface area contributed by atoms with Crippen LogP contribution in [0.2, 0.25) is 0 Å². The molecule has 1 rings (SSSR count). The SMILES string of the molecule is COCOc1c(C(C)=O)cc(Br)cc1C(C)(C)C. The van der Waals surface area contributed by atoms with E-state index in [-0.39, 0.29) is 18.0 Å². The normalized spacial score (nSPS) is 11.4. The quantitative estimate of drug-likeness (QED) is 0.624. The highest BCUT2D eigenvalue weighted by Gasteiger charge is 2.24. The monoisotopic (exact) mass is 314 g/mol. The smallest absolute Gasteiger partial charge is 0.188 e. The molecule has 0 radical (unpaired) electrons. The number of hydrogen-bond acceptors (Lipinski definition) is 3. The highest BCUT2D eigenvalue weighted by Crippen LogP contribution is 2.37. The molecule has 0 bridgehead atoms. The van der Waals surface area contributed by atoms with E-state index in [4.69, 9.17) is 9.47 Å². The number of ketones is 1. The average molecular weight is 315 g/mol. The van der Waals surface area contributed by atoms with E-state index in [2.05, 4.69) is 36.7 Å². The van der Waals surface area contributed by atoms with Gasteiger partial charge in [0.05, 0.1) is 5.56 Å². The molecule has 0 amide bonds. The predicted octanol–water partition coefficient (Wildman–Crippen LogP) is 3.93. The number of Topliss-reactive ketones (excluding diaryl/α,β-unsaturated/α-hetero) is 1. The molecule has 0 aromatic heterocycles. The van der Waals surface area contributed by atoms with E-state index >= 15 is 0 Å². The van der Waals surface area contributed by atoms with E-state index in [1.165, 1.54) is 6.92 Å². The zero-order valence-corrected chi connectivity index (χ0v) is 13.1. The molecule has 0 atom stereocenters. The molecular formula is C14H19BrO3. The fraction of sp³-hybridized carbons (Fsp3) is 0.500. The molecule has 0 saturated carbocycles. The first-order valence-corrected chi connectivity index (χ1v) is 6.53. The number of methoxy groups -OCH3 is 1. The number of ether oxygens (including phenoxy) is 2. The van der Waals surface area contributed by atoms with Crippen LogP contribution in [-0.4, -0.2) is 19.7 Å². The molecule has 3 nitrogen and oxygen atoms in total. The number of benzene rings is 1. The van der Waals surface area contributed by atoms with Gasteiger partial charge in [-0.2, -0.15) is 0 Å². The molecule has 18 heavy (non-hydrogen) atoms. The van der Waals surface area contributed by atoms with E-state index in [1.54, 1.807) is 13.2 Å². The molecule has 0 aliphatic carbocycles. The summed E-state index contributed by atoms with van der Waals surface area (Å²) in [5.74, 6) is 0.591. The Kier molecular flexibility index (Phi) is 4.93. The van der Waals surface area contributed by atoms with Gasteiger partial charge in [-0.3, -0.25) is 4.79 Å². The van der Waals surface area contributed by atoms with Crippen molar-refractivity contribution < 1.29 is 14.3 Å². The van der Waals surface area contributed by atoms with Crippen molar-refractivity contribution in [1.82, 2.24) is 0 Å². The van der Waals surface area contributed by atoms with E-state index in [1.807, 2.05) is 6.07 Å². The lowest BCUT2D eigenvalue weighted by molar-refractivity contribution is 0.0489. The Morgan fingerprint density at radius 2 is 1.94 bits per heavy atom.